The van der Waals surface area contributed by atoms with Crippen LogP contribution in [-0.2, 0) is 0 Å². The number of benzene rings is 7. The molecular weight excluding hydrogens is 656 g/mol. The number of nitrogens with zero attached hydrogens (tertiary/aromatic N) is 3. The first-order chi connectivity index (χ1) is 26.8. The lowest BCUT2D eigenvalue weighted by atomic mass is 9.27. The van der Waals surface area contributed by atoms with Gasteiger partial charge in [-0.2, -0.15) is 0 Å². The van der Waals surface area contributed by atoms with Crippen molar-refractivity contribution in [2.75, 3.05) is 4.90 Å². The Kier molecular flexibility index (Phi) is 4.99. The average molecular weight is 685 g/mol. The van der Waals surface area contributed by atoms with Gasteiger partial charge in [0.25, 0.3) is 6.71 Å². The van der Waals surface area contributed by atoms with Crippen molar-refractivity contribution in [2.24, 2.45) is 0 Å². The number of fused-ring (bicyclic) bond motifs is 14. The number of para-hydroxylation sites is 5. The largest absolute Gasteiger partial charge is 0.458 e. The smallest absolute Gasteiger partial charge is 0.256 e. The molecular formula is C48H29B2N3O. The van der Waals surface area contributed by atoms with E-state index < -0.39 is 0 Å². The summed E-state index contributed by atoms with van der Waals surface area (Å²) in [7, 11) is 0. The Balaban J connectivity index is 1.10. The molecule has 4 nitrogen and oxygen atoms in total. The molecule has 2 atom stereocenters. The standard InChI is InChI=1S/C48H29B2N3O/c1-2-12-28(13-3-1)51-39-22-10-23-40-45(39)49(33-18-8-16-31-29-14-4-6-20-37(29)52(40)47(31)33)35-26-36-44(27-42(35)51)54-43-25-11-24-41-46(43)50(36)34-19-9-17-32-30-15-5-7-21-38(30)53(41)48(32)34/h1-27,39,45H. The normalized spacial score (nSPS) is 18.1. The highest BCUT2D eigenvalue weighted by Gasteiger charge is 2.51. The van der Waals surface area contributed by atoms with Crippen LogP contribution in [-0.4, -0.2) is 28.6 Å². The fourth-order valence-corrected chi connectivity index (χ4v) is 11.3. The highest BCUT2D eigenvalue weighted by Crippen LogP contribution is 2.50. The molecule has 7 aromatic carbocycles. The Morgan fingerprint density at radius 1 is 0.519 bits per heavy atom. The van der Waals surface area contributed by atoms with E-state index >= 15 is 0 Å². The second kappa shape index (κ2) is 9.66. The van der Waals surface area contributed by atoms with Crippen molar-refractivity contribution in [3.05, 3.63) is 164 Å². The van der Waals surface area contributed by atoms with Crippen molar-refractivity contribution in [3.63, 3.8) is 0 Å². The molecule has 0 N–H and O–H groups in total. The molecule has 0 amide bonds. The molecule has 5 aliphatic rings. The Bertz CT molecular complexity index is 3250. The maximum atomic E-state index is 7.09. The van der Waals surface area contributed by atoms with Gasteiger partial charge in [-0.05, 0) is 64.3 Å². The Morgan fingerprint density at radius 3 is 2.02 bits per heavy atom. The highest BCUT2D eigenvalue weighted by molar-refractivity contribution is 7.00. The second-order valence-corrected chi connectivity index (χ2v) is 15.5. The summed E-state index contributed by atoms with van der Waals surface area (Å²) in [4.78, 5) is 2.59. The van der Waals surface area contributed by atoms with Crippen LogP contribution in [0.4, 0.5) is 11.4 Å². The average Bonchev–Trinajstić information content (AvgIpc) is 3.75. The van der Waals surface area contributed by atoms with E-state index in [4.69, 9.17) is 4.74 Å². The molecule has 4 aliphatic heterocycles. The lowest BCUT2D eigenvalue weighted by Crippen LogP contribution is -2.64. The van der Waals surface area contributed by atoms with Crippen LogP contribution < -0.4 is 37.0 Å². The van der Waals surface area contributed by atoms with Crippen molar-refractivity contribution in [2.45, 2.75) is 11.9 Å². The van der Waals surface area contributed by atoms with E-state index in [0.717, 1.165) is 11.5 Å². The van der Waals surface area contributed by atoms with Gasteiger partial charge in [-0.1, -0.05) is 121 Å². The van der Waals surface area contributed by atoms with E-state index in [-0.39, 0.29) is 25.3 Å². The van der Waals surface area contributed by atoms with E-state index in [1.165, 1.54) is 93.7 Å². The zero-order valence-corrected chi connectivity index (χ0v) is 29.1. The SMILES string of the molecule is C1=CC2C3B(c4cc5c(cc4N2c2ccccc2)Oc2cccc4c2B5c2cccc5c6ccccc6n-4c25)c2cccc4c5ccccc5n(c24)C3=C1. The molecule has 6 heteroatoms. The van der Waals surface area contributed by atoms with Crippen molar-refractivity contribution in [1.82, 2.24) is 9.13 Å². The summed E-state index contributed by atoms with van der Waals surface area (Å²) < 4.78 is 12.2. The van der Waals surface area contributed by atoms with E-state index in [1.54, 1.807) is 0 Å². The molecule has 0 saturated heterocycles. The quantitative estimate of drug-likeness (QED) is 0.165. The number of hydrogen-bond donors (Lipinski definition) is 0. The van der Waals surface area contributed by atoms with Gasteiger partial charge < -0.3 is 18.8 Å². The molecule has 2 aromatic heterocycles. The topological polar surface area (TPSA) is 22.3 Å². The minimum Gasteiger partial charge on any atom is -0.458 e. The molecule has 248 valence electrons. The van der Waals surface area contributed by atoms with Gasteiger partial charge in [-0.25, -0.2) is 0 Å². The van der Waals surface area contributed by atoms with Crippen molar-refractivity contribution < 1.29 is 4.74 Å². The van der Waals surface area contributed by atoms with Gasteiger partial charge in [0.15, 0.2) is 0 Å². The highest BCUT2D eigenvalue weighted by atomic mass is 16.5. The van der Waals surface area contributed by atoms with Crippen LogP contribution in [0.1, 0.15) is 0 Å². The molecule has 9 aromatic rings. The summed E-state index contributed by atoms with van der Waals surface area (Å²) in [5.74, 6) is 2.10. The lowest BCUT2D eigenvalue weighted by molar-refractivity contribution is 0.487. The maximum absolute atomic E-state index is 7.09. The zero-order chi connectivity index (χ0) is 34.8. The van der Waals surface area contributed by atoms with Crippen LogP contribution in [0.5, 0.6) is 11.5 Å². The van der Waals surface area contributed by atoms with Crippen molar-refractivity contribution in [3.8, 4) is 17.2 Å². The fourth-order valence-electron chi connectivity index (χ4n) is 11.3. The maximum Gasteiger partial charge on any atom is 0.256 e. The molecule has 0 fully saturated rings. The predicted octanol–water partition coefficient (Wildman–Crippen LogP) is 7.75. The Morgan fingerprint density at radius 2 is 1.20 bits per heavy atom. The predicted molar refractivity (Wildman–Crippen MR) is 226 cm³/mol. The minimum absolute atomic E-state index is 0.0424. The number of anilines is 2. The summed E-state index contributed by atoms with van der Waals surface area (Å²) in [6, 6.07) is 54.3. The third-order valence-corrected chi connectivity index (χ3v) is 13.2. The van der Waals surface area contributed by atoms with Crippen LogP contribution >= 0.6 is 0 Å². The third-order valence-electron chi connectivity index (χ3n) is 13.2. The molecule has 54 heavy (non-hydrogen) atoms. The summed E-state index contributed by atoms with van der Waals surface area (Å²) in [6.45, 7) is 0.204. The van der Waals surface area contributed by atoms with Crippen LogP contribution in [0.15, 0.2) is 164 Å². The van der Waals surface area contributed by atoms with E-state index in [0.29, 0.717) is 0 Å². The summed E-state index contributed by atoms with van der Waals surface area (Å²) in [5, 5.41) is 5.23. The molecule has 0 radical (unpaired) electrons. The number of aromatic nitrogens is 2. The molecule has 6 heterocycles. The lowest BCUT2D eigenvalue weighted by Gasteiger charge is -2.50. The minimum atomic E-state index is 0.0424. The first-order valence-corrected chi connectivity index (χ1v) is 19.1. The van der Waals surface area contributed by atoms with Crippen LogP contribution in [0, 0.1) is 0 Å². The first-order valence-electron chi connectivity index (χ1n) is 19.1. The van der Waals surface area contributed by atoms with Crippen LogP contribution in [0.2, 0.25) is 5.82 Å². The van der Waals surface area contributed by atoms with Gasteiger partial charge in [0.2, 0.25) is 6.71 Å². The number of ether oxygens (including phenoxy) is 1. The van der Waals surface area contributed by atoms with Gasteiger partial charge in [0, 0.05) is 67.2 Å². The third kappa shape index (κ3) is 3.19. The fraction of sp³-hybridized carbons (Fsp3) is 0.0417. The monoisotopic (exact) mass is 685 g/mol. The van der Waals surface area contributed by atoms with Gasteiger partial charge in [-0.15, -0.1) is 0 Å². The van der Waals surface area contributed by atoms with Gasteiger partial charge in [0.1, 0.15) is 11.5 Å². The summed E-state index contributed by atoms with van der Waals surface area (Å²) in [6.07, 6.45) is 7.10. The molecule has 0 spiro atoms. The van der Waals surface area contributed by atoms with E-state index in [2.05, 4.69) is 178 Å². The summed E-state index contributed by atoms with van der Waals surface area (Å²) in [5.41, 5.74) is 16.8. The van der Waals surface area contributed by atoms with Crippen molar-refractivity contribution >= 4 is 101 Å². The Labute approximate surface area is 312 Å². The van der Waals surface area contributed by atoms with Crippen molar-refractivity contribution in [1.29, 1.82) is 0 Å². The summed E-state index contributed by atoms with van der Waals surface area (Å²) >= 11 is 0. The zero-order valence-electron chi connectivity index (χ0n) is 29.1. The number of rotatable bonds is 1. The van der Waals surface area contributed by atoms with Crippen LogP contribution in [0.3, 0.4) is 0 Å². The molecule has 0 bridgehead atoms. The first kappa shape index (κ1) is 27.9. The Hall–Kier alpha value is -6.65. The number of hydrogen-bond acceptors (Lipinski definition) is 2. The van der Waals surface area contributed by atoms with Gasteiger partial charge in [0.05, 0.1) is 17.1 Å². The van der Waals surface area contributed by atoms with Crippen LogP contribution in [0.25, 0.3) is 55.0 Å². The molecule has 1 aliphatic carbocycles. The second-order valence-electron chi connectivity index (χ2n) is 15.5. The van der Waals surface area contributed by atoms with E-state index in [1.807, 2.05) is 0 Å². The van der Waals surface area contributed by atoms with Gasteiger partial charge >= 0.3 is 0 Å². The van der Waals surface area contributed by atoms with E-state index in [9.17, 15) is 0 Å². The molecule has 2 unspecified atom stereocenters. The van der Waals surface area contributed by atoms with Gasteiger partial charge in [-0.3, -0.25) is 0 Å². The molecule has 0 saturated carbocycles. The number of allylic oxidation sites excluding steroid dienone is 2. The molecule has 14 rings (SSSR count).